The highest BCUT2D eigenvalue weighted by Gasteiger charge is 2.29. The first-order chi connectivity index (χ1) is 12.0. The summed E-state index contributed by atoms with van der Waals surface area (Å²) in [5.74, 6) is -0.246. The number of amides is 1. The van der Waals surface area contributed by atoms with Gasteiger partial charge in [0.15, 0.2) is 0 Å². The first-order valence-electron chi connectivity index (χ1n) is 8.49. The third-order valence-electron chi connectivity index (χ3n) is 4.49. The molecule has 2 heterocycles. The van der Waals surface area contributed by atoms with Crippen molar-refractivity contribution in [3.8, 4) is 11.3 Å². The molecule has 3 rings (SSSR count). The normalized spacial score (nSPS) is 20.0. The van der Waals surface area contributed by atoms with Gasteiger partial charge in [0.1, 0.15) is 5.82 Å². The van der Waals surface area contributed by atoms with Crippen molar-refractivity contribution in [2.75, 3.05) is 20.1 Å². The molecule has 3 N–H and O–H groups in total. The van der Waals surface area contributed by atoms with E-state index >= 15 is 0 Å². The number of benzene rings is 1. The number of aliphatic hydroxyl groups is 1. The highest BCUT2D eigenvalue weighted by atomic mass is 19.1. The van der Waals surface area contributed by atoms with Crippen LogP contribution in [0.25, 0.3) is 11.3 Å². The molecule has 0 spiro atoms. The summed E-state index contributed by atoms with van der Waals surface area (Å²) in [5, 5.41) is 19.8. The Balaban J connectivity index is 1.47. The lowest BCUT2D eigenvalue weighted by atomic mass is 10.1. The Kier molecular flexibility index (Phi) is 5.45. The summed E-state index contributed by atoms with van der Waals surface area (Å²) >= 11 is 0. The lowest BCUT2D eigenvalue weighted by Crippen LogP contribution is -2.42. The lowest BCUT2D eigenvalue weighted by molar-refractivity contribution is -0.131. The van der Waals surface area contributed by atoms with Gasteiger partial charge in [-0.05, 0) is 49.6 Å². The number of likely N-dealkylation sites (N-methyl/N-ethyl adjacent to an activating group) is 1. The minimum Gasteiger partial charge on any atom is -0.392 e. The average Bonchev–Trinajstić information content (AvgIpc) is 3.24. The first kappa shape index (κ1) is 17.6. The van der Waals surface area contributed by atoms with Gasteiger partial charge < -0.3 is 15.3 Å². The van der Waals surface area contributed by atoms with Crippen molar-refractivity contribution in [1.82, 2.24) is 20.4 Å². The smallest absolute Gasteiger partial charge is 0.239 e. The molecule has 0 radical (unpaired) electrons. The largest absolute Gasteiger partial charge is 0.392 e. The maximum absolute atomic E-state index is 13.0. The standard InChI is InChI=1S/C18H23FN4O2/c1-23(18(25)17-10-15(24)11-20-17)8-2-3-14-9-16(22-21-14)12-4-6-13(19)7-5-12/h4-7,9,15,17,20,24H,2-3,8,10-11H2,1H3,(H,21,22). The Hall–Kier alpha value is -2.25. The number of hydrogen-bond acceptors (Lipinski definition) is 4. The van der Waals surface area contributed by atoms with E-state index < -0.39 is 6.10 Å². The van der Waals surface area contributed by atoms with E-state index in [9.17, 15) is 14.3 Å². The van der Waals surface area contributed by atoms with Gasteiger partial charge in [0.25, 0.3) is 0 Å². The van der Waals surface area contributed by atoms with Crippen LogP contribution in [0.5, 0.6) is 0 Å². The van der Waals surface area contributed by atoms with Gasteiger partial charge in [0.05, 0.1) is 17.8 Å². The predicted molar refractivity (Wildman–Crippen MR) is 92.4 cm³/mol. The number of hydrogen-bond donors (Lipinski definition) is 3. The summed E-state index contributed by atoms with van der Waals surface area (Å²) in [6, 6.07) is 7.90. The summed E-state index contributed by atoms with van der Waals surface area (Å²) in [6.07, 6.45) is 1.62. The molecule has 25 heavy (non-hydrogen) atoms. The Labute approximate surface area is 146 Å². The molecule has 1 aromatic heterocycles. The van der Waals surface area contributed by atoms with Gasteiger partial charge >= 0.3 is 0 Å². The fourth-order valence-corrected chi connectivity index (χ4v) is 3.05. The number of halogens is 1. The minimum absolute atomic E-state index is 0.0214. The van der Waals surface area contributed by atoms with Crippen LogP contribution in [0.3, 0.4) is 0 Å². The molecule has 6 nitrogen and oxygen atoms in total. The number of aromatic amines is 1. The average molecular weight is 346 g/mol. The topological polar surface area (TPSA) is 81.2 Å². The molecule has 1 amide bonds. The highest BCUT2D eigenvalue weighted by molar-refractivity contribution is 5.82. The van der Waals surface area contributed by atoms with Crippen LogP contribution in [0.1, 0.15) is 18.5 Å². The van der Waals surface area contributed by atoms with E-state index in [0.717, 1.165) is 29.8 Å². The van der Waals surface area contributed by atoms with Crippen molar-refractivity contribution in [2.24, 2.45) is 0 Å². The molecule has 1 aromatic carbocycles. The number of rotatable bonds is 6. The number of β-amino-alcohol motifs (C(OH)–C–C–N with tert-alkyl or cyclic N) is 1. The van der Waals surface area contributed by atoms with Crippen LogP contribution in [0.4, 0.5) is 4.39 Å². The molecule has 2 unspecified atom stereocenters. The zero-order valence-corrected chi connectivity index (χ0v) is 14.2. The molecule has 2 atom stereocenters. The van der Waals surface area contributed by atoms with Gasteiger partial charge in [0.2, 0.25) is 5.91 Å². The van der Waals surface area contributed by atoms with E-state index in [4.69, 9.17) is 0 Å². The van der Waals surface area contributed by atoms with Gasteiger partial charge in [-0.1, -0.05) is 0 Å². The van der Waals surface area contributed by atoms with Crippen LogP contribution < -0.4 is 5.32 Å². The third kappa shape index (κ3) is 4.43. The van der Waals surface area contributed by atoms with Crippen molar-refractivity contribution in [3.63, 3.8) is 0 Å². The first-order valence-corrected chi connectivity index (χ1v) is 8.49. The van der Waals surface area contributed by atoms with E-state index in [1.54, 1.807) is 24.1 Å². The Morgan fingerprint density at radius 1 is 1.40 bits per heavy atom. The van der Waals surface area contributed by atoms with Crippen LogP contribution >= 0.6 is 0 Å². The quantitative estimate of drug-likeness (QED) is 0.737. The van der Waals surface area contributed by atoms with Gasteiger partial charge in [-0.25, -0.2) is 4.39 Å². The number of aliphatic hydroxyl groups excluding tert-OH is 1. The van der Waals surface area contributed by atoms with E-state index in [1.807, 2.05) is 6.07 Å². The minimum atomic E-state index is -0.433. The zero-order valence-electron chi connectivity index (χ0n) is 14.2. The second-order valence-electron chi connectivity index (χ2n) is 6.50. The molecule has 0 saturated carbocycles. The molecule has 1 fully saturated rings. The molecule has 0 bridgehead atoms. The number of nitrogens with zero attached hydrogens (tertiary/aromatic N) is 2. The molecule has 1 aliphatic heterocycles. The van der Waals surface area contributed by atoms with Crippen LogP contribution in [0, 0.1) is 5.82 Å². The van der Waals surface area contributed by atoms with E-state index in [1.165, 1.54) is 12.1 Å². The Morgan fingerprint density at radius 2 is 2.16 bits per heavy atom. The summed E-state index contributed by atoms with van der Waals surface area (Å²) in [7, 11) is 1.78. The number of nitrogens with one attached hydrogen (secondary N) is 2. The summed E-state index contributed by atoms with van der Waals surface area (Å²) in [4.78, 5) is 14.0. The number of H-pyrrole nitrogens is 1. The molecule has 134 valence electrons. The summed E-state index contributed by atoms with van der Waals surface area (Å²) < 4.78 is 13.0. The molecule has 1 saturated heterocycles. The molecule has 0 aliphatic carbocycles. The monoisotopic (exact) mass is 346 g/mol. The van der Waals surface area contributed by atoms with Crippen molar-refractivity contribution < 1.29 is 14.3 Å². The molecular weight excluding hydrogens is 323 g/mol. The fraction of sp³-hybridized carbons (Fsp3) is 0.444. The van der Waals surface area contributed by atoms with Crippen molar-refractivity contribution in [3.05, 3.63) is 41.8 Å². The van der Waals surface area contributed by atoms with Gasteiger partial charge in [-0.15, -0.1) is 0 Å². The van der Waals surface area contributed by atoms with E-state index in [-0.39, 0.29) is 17.8 Å². The second-order valence-corrected chi connectivity index (χ2v) is 6.50. The predicted octanol–water partition coefficient (Wildman–Crippen LogP) is 1.33. The van der Waals surface area contributed by atoms with Crippen molar-refractivity contribution in [2.45, 2.75) is 31.4 Å². The number of carbonyl (C=O) groups excluding carboxylic acids is 1. The number of aryl methyl sites for hydroxylation is 1. The maximum atomic E-state index is 13.0. The maximum Gasteiger partial charge on any atom is 0.239 e. The highest BCUT2D eigenvalue weighted by Crippen LogP contribution is 2.18. The lowest BCUT2D eigenvalue weighted by Gasteiger charge is -2.20. The van der Waals surface area contributed by atoms with E-state index in [2.05, 4.69) is 15.5 Å². The third-order valence-corrected chi connectivity index (χ3v) is 4.49. The van der Waals surface area contributed by atoms with E-state index in [0.29, 0.717) is 19.5 Å². The number of aromatic nitrogens is 2. The molecule has 1 aliphatic rings. The number of carbonyl (C=O) groups is 1. The summed E-state index contributed by atoms with van der Waals surface area (Å²) in [6.45, 7) is 1.11. The SMILES string of the molecule is CN(CCCc1cc(-c2ccc(F)cc2)n[nH]1)C(=O)C1CC(O)CN1. The zero-order chi connectivity index (χ0) is 17.8. The van der Waals surface area contributed by atoms with Gasteiger partial charge in [-0.2, -0.15) is 5.10 Å². The second kappa shape index (κ2) is 7.76. The van der Waals surface area contributed by atoms with Gasteiger partial charge in [-0.3, -0.25) is 9.89 Å². The van der Waals surface area contributed by atoms with Crippen LogP contribution in [-0.2, 0) is 11.2 Å². The van der Waals surface area contributed by atoms with Crippen LogP contribution in [0.2, 0.25) is 0 Å². The van der Waals surface area contributed by atoms with Crippen LogP contribution in [0.15, 0.2) is 30.3 Å². The molecular formula is C18H23FN4O2. The molecule has 2 aromatic rings. The van der Waals surface area contributed by atoms with Crippen LogP contribution in [-0.4, -0.2) is 58.4 Å². The van der Waals surface area contributed by atoms with Crippen molar-refractivity contribution in [1.29, 1.82) is 0 Å². The molecule has 7 heteroatoms. The fourth-order valence-electron chi connectivity index (χ4n) is 3.05. The van der Waals surface area contributed by atoms with Crippen molar-refractivity contribution >= 4 is 5.91 Å². The summed E-state index contributed by atoms with van der Waals surface area (Å²) in [5.41, 5.74) is 2.63. The Bertz CT molecular complexity index is 716. The van der Waals surface area contributed by atoms with Gasteiger partial charge in [0, 0.05) is 31.4 Å². The Morgan fingerprint density at radius 3 is 2.84 bits per heavy atom.